The average Bonchev–Trinajstić information content (AvgIpc) is 3.66. The van der Waals surface area contributed by atoms with Crippen LogP contribution in [0.2, 0.25) is 0 Å². The van der Waals surface area contributed by atoms with Crippen molar-refractivity contribution in [1.29, 1.82) is 0 Å². The molecular formula is C50H34N4. The predicted octanol–water partition coefficient (Wildman–Crippen LogP) is 12.6. The molecule has 0 saturated carbocycles. The SMILES string of the molecule is CC1(C)c2cc3ccccc3cc2-c2cc3c4ccccc4n(-c4ccc(-c5nc(-c6ccccc6)nc(-c6ccccc6)n5)c5ccccc45)c3cc21. The van der Waals surface area contributed by atoms with E-state index in [1.165, 1.54) is 54.8 Å². The van der Waals surface area contributed by atoms with Crippen LogP contribution in [-0.2, 0) is 5.41 Å². The highest BCUT2D eigenvalue weighted by Crippen LogP contribution is 2.52. The summed E-state index contributed by atoms with van der Waals surface area (Å²) in [5.74, 6) is 1.96. The highest BCUT2D eigenvalue weighted by atomic mass is 15.0. The topological polar surface area (TPSA) is 43.6 Å². The van der Waals surface area contributed by atoms with Crippen LogP contribution in [0, 0.1) is 0 Å². The first-order valence-electron chi connectivity index (χ1n) is 18.5. The lowest BCUT2D eigenvalue weighted by Crippen LogP contribution is -2.15. The summed E-state index contributed by atoms with van der Waals surface area (Å²) in [5.41, 5.74) is 11.6. The van der Waals surface area contributed by atoms with Gasteiger partial charge >= 0.3 is 0 Å². The maximum atomic E-state index is 5.11. The van der Waals surface area contributed by atoms with Crippen molar-refractivity contribution in [1.82, 2.24) is 19.5 Å². The Morgan fingerprint density at radius 1 is 0.389 bits per heavy atom. The predicted molar refractivity (Wildman–Crippen MR) is 223 cm³/mol. The zero-order valence-electron chi connectivity index (χ0n) is 30.0. The zero-order chi connectivity index (χ0) is 36.0. The fourth-order valence-electron chi connectivity index (χ4n) is 8.74. The Balaban J connectivity index is 1.15. The number of hydrogen-bond acceptors (Lipinski definition) is 3. The molecule has 0 N–H and O–H groups in total. The van der Waals surface area contributed by atoms with E-state index in [0.29, 0.717) is 17.5 Å². The van der Waals surface area contributed by atoms with E-state index in [1.54, 1.807) is 0 Å². The summed E-state index contributed by atoms with van der Waals surface area (Å²) in [4.78, 5) is 15.2. The monoisotopic (exact) mass is 690 g/mol. The lowest BCUT2D eigenvalue weighted by molar-refractivity contribution is 0.662. The van der Waals surface area contributed by atoms with Gasteiger partial charge in [0, 0.05) is 38.3 Å². The van der Waals surface area contributed by atoms with Gasteiger partial charge in [0.05, 0.1) is 16.7 Å². The number of para-hydroxylation sites is 1. The molecule has 0 fully saturated rings. The molecule has 0 spiro atoms. The van der Waals surface area contributed by atoms with Crippen molar-refractivity contribution in [3.8, 4) is 51.0 Å². The van der Waals surface area contributed by atoms with Gasteiger partial charge in [0.2, 0.25) is 0 Å². The van der Waals surface area contributed by atoms with Crippen molar-refractivity contribution in [2.45, 2.75) is 19.3 Å². The standard InChI is InChI=1S/C50H34N4/c1-50(2)42-28-34-20-10-9-19-33(34)27-39(42)40-29-41-37-23-13-14-24-44(37)54(46(41)30-43(40)50)45-26-25-38(35-21-11-12-22-36(35)45)49-52-47(31-15-5-3-6-16-31)51-48(53-49)32-17-7-4-8-18-32/h3-30H,1-2H3. The molecule has 54 heavy (non-hydrogen) atoms. The van der Waals surface area contributed by atoms with Gasteiger partial charge in [-0.1, -0.05) is 141 Å². The molecule has 0 amide bonds. The lowest BCUT2D eigenvalue weighted by Gasteiger charge is -2.22. The van der Waals surface area contributed by atoms with E-state index in [1.807, 2.05) is 36.4 Å². The smallest absolute Gasteiger partial charge is 0.164 e. The van der Waals surface area contributed by atoms with Crippen molar-refractivity contribution in [3.05, 3.63) is 181 Å². The highest BCUT2D eigenvalue weighted by Gasteiger charge is 2.37. The molecule has 254 valence electrons. The fourth-order valence-corrected chi connectivity index (χ4v) is 8.74. The van der Waals surface area contributed by atoms with Crippen molar-refractivity contribution < 1.29 is 0 Å². The van der Waals surface area contributed by atoms with Gasteiger partial charge in [-0.3, -0.25) is 0 Å². The number of benzene rings is 8. The third kappa shape index (κ3) is 4.53. The summed E-state index contributed by atoms with van der Waals surface area (Å²) in [6.45, 7) is 4.75. The van der Waals surface area contributed by atoms with E-state index in [0.717, 1.165) is 33.2 Å². The number of hydrogen-bond donors (Lipinski definition) is 0. The minimum atomic E-state index is -0.151. The van der Waals surface area contributed by atoms with E-state index in [2.05, 4.69) is 152 Å². The van der Waals surface area contributed by atoms with Crippen LogP contribution in [0.15, 0.2) is 170 Å². The molecule has 0 unspecified atom stereocenters. The van der Waals surface area contributed by atoms with Gasteiger partial charge < -0.3 is 4.57 Å². The molecule has 4 heteroatoms. The molecule has 2 heterocycles. The van der Waals surface area contributed by atoms with Crippen LogP contribution in [0.25, 0.3) is 94.3 Å². The Morgan fingerprint density at radius 2 is 0.926 bits per heavy atom. The summed E-state index contributed by atoms with van der Waals surface area (Å²) in [6, 6.07) is 60.7. The minimum absolute atomic E-state index is 0.151. The van der Waals surface area contributed by atoms with Crippen molar-refractivity contribution in [2.24, 2.45) is 0 Å². The maximum Gasteiger partial charge on any atom is 0.164 e. The fraction of sp³-hybridized carbons (Fsp3) is 0.0600. The summed E-state index contributed by atoms with van der Waals surface area (Å²) in [7, 11) is 0. The van der Waals surface area contributed by atoms with Crippen LogP contribution >= 0.6 is 0 Å². The van der Waals surface area contributed by atoms with Gasteiger partial charge in [-0.2, -0.15) is 0 Å². The normalized spacial score (nSPS) is 13.1. The van der Waals surface area contributed by atoms with Gasteiger partial charge in [0.1, 0.15) is 0 Å². The molecule has 1 aliphatic carbocycles. The Hall–Kier alpha value is -6.91. The number of rotatable bonds is 4. The van der Waals surface area contributed by atoms with E-state index in [-0.39, 0.29) is 5.41 Å². The first kappa shape index (κ1) is 30.7. The summed E-state index contributed by atoms with van der Waals surface area (Å²) in [5, 5.41) is 7.28. The first-order chi connectivity index (χ1) is 26.5. The first-order valence-corrected chi connectivity index (χ1v) is 18.5. The molecule has 0 atom stereocenters. The second-order valence-corrected chi connectivity index (χ2v) is 14.9. The summed E-state index contributed by atoms with van der Waals surface area (Å²) >= 11 is 0. The Bertz CT molecular complexity index is 3060. The minimum Gasteiger partial charge on any atom is -0.309 e. The van der Waals surface area contributed by atoms with Gasteiger partial charge in [-0.05, 0) is 80.9 Å². The van der Waals surface area contributed by atoms with Crippen molar-refractivity contribution in [2.75, 3.05) is 0 Å². The molecule has 0 radical (unpaired) electrons. The second-order valence-electron chi connectivity index (χ2n) is 14.9. The molecule has 2 aromatic heterocycles. The van der Waals surface area contributed by atoms with Crippen molar-refractivity contribution >= 4 is 43.4 Å². The third-order valence-electron chi connectivity index (χ3n) is 11.4. The maximum absolute atomic E-state index is 5.11. The van der Waals surface area contributed by atoms with Crippen LogP contribution in [0.3, 0.4) is 0 Å². The molecule has 11 rings (SSSR count). The molecule has 1 aliphatic rings. The van der Waals surface area contributed by atoms with Gasteiger partial charge in [-0.25, -0.2) is 15.0 Å². The Morgan fingerprint density at radius 3 is 1.63 bits per heavy atom. The molecule has 0 aliphatic heterocycles. The van der Waals surface area contributed by atoms with Crippen LogP contribution in [0.4, 0.5) is 0 Å². The zero-order valence-corrected chi connectivity index (χ0v) is 30.0. The Labute approximate surface area is 313 Å². The molecule has 0 bridgehead atoms. The van der Waals surface area contributed by atoms with E-state index in [9.17, 15) is 0 Å². The highest BCUT2D eigenvalue weighted by molar-refractivity contribution is 6.13. The molecular weight excluding hydrogens is 657 g/mol. The van der Waals surface area contributed by atoms with Gasteiger partial charge in [0.25, 0.3) is 0 Å². The number of aromatic nitrogens is 4. The van der Waals surface area contributed by atoms with Crippen LogP contribution in [0.1, 0.15) is 25.0 Å². The van der Waals surface area contributed by atoms with Crippen molar-refractivity contribution in [3.63, 3.8) is 0 Å². The molecule has 8 aromatic carbocycles. The van der Waals surface area contributed by atoms with Gasteiger partial charge in [0.15, 0.2) is 17.5 Å². The molecule has 10 aromatic rings. The van der Waals surface area contributed by atoms with E-state index in [4.69, 9.17) is 15.0 Å². The lowest BCUT2D eigenvalue weighted by atomic mass is 9.81. The number of fused-ring (bicyclic) bond motifs is 8. The summed E-state index contributed by atoms with van der Waals surface area (Å²) in [6.07, 6.45) is 0. The van der Waals surface area contributed by atoms with E-state index < -0.39 is 0 Å². The van der Waals surface area contributed by atoms with Crippen LogP contribution in [0.5, 0.6) is 0 Å². The second kappa shape index (κ2) is 11.5. The largest absolute Gasteiger partial charge is 0.309 e. The van der Waals surface area contributed by atoms with Gasteiger partial charge in [-0.15, -0.1) is 0 Å². The number of nitrogens with zero attached hydrogens (tertiary/aromatic N) is 4. The summed E-state index contributed by atoms with van der Waals surface area (Å²) < 4.78 is 2.46. The molecule has 0 saturated heterocycles. The quantitative estimate of drug-likeness (QED) is 0.185. The Kier molecular flexibility index (Phi) is 6.56. The third-order valence-corrected chi connectivity index (χ3v) is 11.4. The molecule has 4 nitrogen and oxygen atoms in total. The van der Waals surface area contributed by atoms with Crippen LogP contribution < -0.4 is 0 Å². The van der Waals surface area contributed by atoms with E-state index >= 15 is 0 Å². The average molecular weight is 691 g/mol. The van der Waals surface area contributed by atoms with Crippen LogP contribution in [-0.4, -0.2) is 19.5 Å².